The monoisotopic (exact) mass is 536 g/mol. The number of ether oxygens (including phenoxy) is 1. The molecule has 0 bridgehead atoms. The summed E-state index contributed by atoms with van der Waals surface area (Å²) in [6.07, 6.45) is 0. The molecule has 0 radical (unpaired) electrons. The van der Waals surface area contributed by atoms with Crippen LogP contribution in [-0.2, 0) is 14.3 Å². The number of nitrogens with zero attached hydrogens (tertiary/aromatic N) is 6. The second-order valence-corrected chi connectivity index (χ2v) is 10.0. The van der Waals surface area contributed by atoms with Crippen molar-refractivity contribution in [2.75, 3.05) is 5.75 Å². The summed E-state index contributed by atoms with van der Waals surface area (Å²) in [6, 6.07) is 11.6. The third kappa shape index (κ3) is 3.79. The quantitative estimate of drug-likeness (QED) is 0.266. The first kappa shape index (κ1) is 23.1. The van der Waals surface area contributed by atoms with Gasteiger partial charge < -0.3 is 4.74 Å². The summed E-state index contributed by atoms with van der Waals surface area (Å²) >= 11 is 2.29. The Balaban J connectivity index is 1.50. The van der Waals surface area contributed by atoms with Gasteiger partial charge >= 0.3 is 5.97 Å². The van der Waals surface area contributed by atoms with Gasteiger partial charge in [0.2, 0.25) is 0 Å². The highest BCUT2D eigenvalue weighted by Crippen LogP contribution is 2.52. The van der Waals surface area contributed by atoms with Gasteiger partial charge in [-0.25, -0.2) is 13.8 Å². The average Bonchev–Trinajstić information content (AvgIpc) is 3.58. The highest BCUT2D eigenvalue weighted by atomic mass is 32.2. The molecule has 0 spiro atoms. The highest BCUT2D eigenvalue weighted by Gasteiger charge is 2.49. The third-order valence-electron chi connectivity index (χ3n) is 5.91. The van der Waals surface area contributed by atoms with Gasteiger partial charge in [0.15, 0.2) is 17.1 Å². The van der Waals surface area contributed by atoms with Crippen molar-refractivity contribution in [3.63, 3.8) is 0 Å². The molecule has 2 unspecified atom stereocenters. The minimum atomic E-state index is -0.730. The summed E-state index contributed by atoms with van der Waals surface area (Å²) in [5.41, 5.74) is 0.760. The first-order chi connectivity index (χ1) is 17.8. The van der Waals surface area contributed by atoms with Gasteiger partial charge in [0.1, 0.15) is 5.04 Å². The van der Waals surface area contributed by atoms with Crippen LogP contribution in [0.5, 0.6) is 0 Å². The minimum absolute atomic E-state index is 0.0717. The van der Waals surface area contributed by atoms with Crippen LogP contribution in [0.3, 0.4) is 0 Å². The van der Waals surface area contributed by atoms with E-state index in [9.17, 15) is 29.8 Å². The number of hydrogen-bond acceptors (Lipinski definition) is 11. The number of non-ortho nitro benzene ring substituents is 2. The van der Waals surface area contributed by atoms with Crippen LogP contribution in [0.25, 0.3) is 17.0 Å². The summed E-state index contributed by atoms with van der Waals surface area (Å²) in [5, 5.41) is 31.1. The standard InChI is InChI=1S/C22H12N6O7S2/c29-14-9-36-20(23-14)17-15(10-1-5-12(6-2-10)27(31)32)16-19-25-24-18(26(19)37-22(16)35-21(17)30)11-3-7-13(8-4-11)28(33)34/h1-8,16,22H,9H2. The van der Waals surface area contributed by atoms with Gasteiger partial charge in [0, 0.05) is 41.8 Å². The number of carbonyl (C=O) groups excluding carboxylic acids is 2. The summed E-state index contributed by atoms with van der Waals surface area (Å²) in [7, 11) is 0. The predicted octanol–water partition coefficient (Wildman–Crippen LogP) is 3.36. The van der Waals surface area contributed by atoms with Crippen molar-refractivity contribution in [1.29, 1.82) is 0 Å². The molecule has 6 rings (SSSR count). The third-order valence-corrected chi connectivity index (χ3v) is 8.02. The van der Waals surface area contributed by atoms with Crippen molar-refractivity contribution in [3.8, 4) is 11.4 Å². The molecule has 3 aliphatic rings. The largest absolute Gasteiger partial charge is 0.445 e. The van der Waals surface area contributed by atoms with Gasteiger partial charge in [-0.05, 0) is 35.4 Å². The van der Waals surface area contributed by atoms with E-state index in [0.717, 1.165) is 11.8 Å². The molecule has 0 saturated heterocycles. The van der Waals surface area contributed by atoms with Crippen molar-refractivity contribution >= 4 is 57.6 Å². The number of rotatable bonds is 5. The van der Waals surface area contributed by atoms with Crippen LogP contribution in [0.1, 0.15) is 17.3 Å². The molecule has 2 aromatic carbocycles. The molecule has 0 saturated carbocycles. The van der Waals surface area contributed by atoms with Crippen LogP contribution < -0.4 is 0 Å². The molecule has 15 heteroatoms. The van der Waals surface area contributed by atoms with Gasteiger partial charge in [-0.15, -0.1) is 10.2 Å². The van der Waals surface area contributed by atoms with E-state index in [1.165, 1.54) is 48.3 Å². The Labute approximate surface area is 215 Å². The van der Waals surface area contributed by atoms with E-state index in [1.54, 1.807) is 16.1 Å². The van der Waals surface area contributed by atoms with Gasteiger partial charge in [0.05, 0.1) is 27.1 Å². The first-order valence-electron chi connectivity index (χ1n) is 10.6. The van der Waals surface area contributed by atoms with Gasteiger partial charge in [-0.1, -0.05) is 11.8 Å². The summed E-state index contributed by atoms with van der Waals surface area (Å²) in [4.78, 5) is 50.3. The Hall–Kier alpha value is -4.37. The smallest absolute Gasteiger partial charge is 0.342 e. The Bertz CT molecular complexity index is 1580. The van der Waals surface area contributed by atoms with Crippen LogP contribution in [0.15, 0.2) is 59.1 Å². The molecule has 4 heterocycles. The van der Waals surface area contributed by atoms with Crippen molar-refractivity contribution < 1.29 is 24.2 Å². The van der Waals surface area contributed by atoms with Gasteiger partial charge in [-0.3, -0.25) is 25.0 Å². The number of benzene rings is 2. The maximum absolute atomic E-state index is 13.2. The van der Waals surface area contributed by atoms with E-state index >= 15 is 0 Å². The van der Waals surface area contributed by atoms with E-state index in [0.29, 0.717) is 28.3 Å². The average molecular weight is 537 g/mol. The van der Waals surface area contributed by atoms with Gasteiger partial charge in [0.25, 0.3) is 17.3 Å². The Morgan fingerprint density at radius 1 is 0.919 bits per heavy atom. The second-order valence-electron chi connectivity index (χ2n) is 8.03. The lowest BCUT2D eigenvalue weighted by molar-refractivity contribution is -0.385. The molecule has 2 atom stereocenters. The zero-order valence-corrected chi connectivity index (χ0v) is 20.0. The lowest BCUT2D eigenvalue weighted by atomic mass is 9.86. The number of thioether (sulfide) groups is 1. The van der Waals surface area contributed by atoms with E-state index in [2.05, 4.69) is 15.2 Å². The molecular formula is C22H12N6O7S2. The highest BCUT2D eigenvalue weighted by molar-refractivity contribution is 8.15. The molecule has 1 amide bonds. The number of amides is 1. The lowest BCUT2D eigenvalue weighted by Crippen LogP contribution is -2.31. The molecule has 0 N–H and O–H groups in total. The molecule has 0 aliphatic carbocycles. The molecule has 3 aliphatic heterocycles. The summed E-state index contributed by atoms with van der Waals surface area (Å²) < 4.78 is 7.44. The van der Waals surface area contributed by atoms with Crippen LogP contribution in [0, 0.1) is 20.2 Å². The fourth-order valence-electron chi connectivity index (χ4n) is 4.28. The number of carbonyl (C=O) groups is 2. The second kappa shape index (κ2) is 8.63. The fourth-order valence-corrected chi connectivity index (χ4v) is 6.33. The van der Waals surface area contributed by atoms with Crippen LogP contribution in [0.2, 0.25) is 0 Å². The number of aliphatic imine (C=N–C) groups is 1. The number of nitro benzene ring substituents is 2. The number of fused-ring (bicyclic) bond motifs is 3. The SMILES string of the molecule is O=C1CSC(C2=C(c3ccc([N+](=O)[O-])cc3)C3c4nnc(-c5ccc([N+](=O)[O-])cc5)n4SC3OC2=O)=N1. The fraction of sp³-hybridized carbons (Fsp3) is 0.136. The molecule has 3 aromatic rings. The van der Waals surface area contributed by atoms with Crippen molar-refractivity contribution in [2.45, 2.75) is 11.4 Å². The molecule has 13 nitrogen and oxygen atoms in total. The van der Waals surface area contributed by atoms with Gasteiger partial charge in [-0.2, -0.15) is 0 Å². The number of esters is 1. The molecule has 0 fully saturated rings. The maximum atomic E-state index is 13.2. The molecule has 184 valence electrons. The van der Waals surface area contributed by atoms with E-state index < -0.39 is 27.2 Å². The van der Waals surface area contributed by atoms with E-state index in [1.807, 2.05) is 0 Å². The zero-order valence-electron chi connectivity index (χ0n) is 18.3. The van der Waals surface area contributed by atoms with Crippen LogP contribution in [0.4, 0.5) is 11.4 Å². The zero-order chi connectivity index (χ0) is 25.8. The number of nitro groups is 2. The van der Waals surface area contributed by atoms with E-state index in [-0.39, 0.29) is 33.7 Å². The summed E-state index contributed by atoms with van der Waals surface area (Å²) in [6.45, 7) is 0. The van der Waals surface area contributed by atoms with E-state index in [4.69, 9.17) is 4.74 Å². The topological polar surface area (TPSA) is 173 Å². The van der Waals surface area contributed by atoms with Crippen molar-refractivity contribution in [3.05, 3.63) is 85.7 Å². The Morgan fingerprint density at radius 3 is 2.11 bits per heavy atom. The maximum Gasteiger partial charge on any atom is 0.342 e. The summed E-state index contributed by atoms with van der Waals surface area (Å²) in [5.74, 6) is -0.710. The predicted molar refractivity (Wildman–Crippen MR) is 133 cm³/mol. The molecule has 1 aromatic heterocycles. The van der Waals surface area contributed by atoms with Crippen LogP contribution >= 0.6 is 23.7 Å². The molecular weight excluding hydrogens is 524 g/mol. The number of hydrogen-bond donors (Lipinski definition) is 0. The lowest BCUT2D eigenvalue weighted by Gasteiger charge is -2.28. The van der Waals surface area contributed by atoms with Crippen molar-refractivity contribution in [1.82, 2.24) is 14.2 Å². The number of aromatic nitrogens is 3. The minimum Gasteiger partial charge on any atom is -0.445 e. The Kier molecular flexibility index (Phi) is 5.38. The van der Waals surface area contributed by atoms with Crippen LogP contribution in [-0.4, -0.2) is 52.1 Å². The normalized spacial score (nSPS) is 20.4. The Morgan fingerprint density at radius 2 is 1.54 bits per heavy atom. The first-order valence-corrected chi connectivity index (χ1v) is 12.5. The van der Waals surface area contributed by atoms with Crippen molar-refractivity contribution in [2.24, 2.45) is 4.99 Å². The molecule has 37 heavy (non-hydrogen) atoms.